The predicted octanol–water partition coefficient (Wildman–Crippen LogP) is 0.890. The van der Waals surface area contributed by atoms with Gasteiger partial charge in [-0.3, -0.25) is 19.8 Å². The number of hydrogen-bond acceptors (Lipinski definition) is 8. The zero-order valence-corrected chi connectivity index (χ0v) is 22.8. The number of likely N-dealkylation sites (tertiary alicyclic amines) is 1. The summed E-state index contributed by atoms with van der Waals surface area (Å²) in [5.41, 5.74) is 6.16. The number of fused-ring (bicyclic) bond motifs is 1. The molecular formula is C24H30ClN9O4S. The molecule has 1 unspecified atom stereocenters. The number of nitrogens with zero attached hydrogens (tertiary/aromatic N) is 4. The number of rotatable bonds is 10. The molecule has 1 fully saturated rings. The SMILES string of the molecule is CNC(=O)C(CCCCNC(=N)N)NC(=O)c1csc([C@@H]2C[C@H](O)CN2C(=O)c2cn3cc(Cl)ccc3n2)n1. The summed E-state index contributed by atoms with van der Waals surface area (Å²) in [6.07, 6.45) is 4.43. The zero-order chi connectivity index (χ0) is 28.1. The molecule has 0 radical (unpaired) electrons. The molecule has 1 aliphatic rings. The van der Waals surface area contributed by atoms with E-state index in [0.29, 0.717) is 41.5 Å². The minimum absolute atomic E-state index is 0.108. The third kappa shape index (κ3) is 6.82. The Morgan fingerprint density at radius 1 is 1.26 bits per heavy atom. The molecule has 0 spiro atoms. The number of β-amino-alcohol motifs (C(OH)–C–C–N with tert-alkyl or cyclic N) is 1. The van der Waals surface area contributed by atoms with E-state index in [1.165, 1.54) is 23.3 Å². The molecule has 13 nitrogen and oxygen atoms in total. The van der Waals surface area contributed by atoms with Gasteiger partial charge in [-0.15, -0.1) is 11.3 Å². The first kappa shape index (κ1) is 28.3. The first-order valence-corrected chi connectivity index (χ1v) is 13.6. The van der Waals surface area contributed by atoms with Gasteiger partial charge in [-0.1, -0.05) is 11.6 Å². The quantitative estimate of drug-likeness (QED) is 0.117. The van der Waals surface area contributed by atoms with Crippen LogP contribution in [0.15, 0.2) is 29.9 Å². The number of aliphatic hydroxyl groups is 1. The number of unbranched alkanes of at least 4 members (excludes halogenated alkanes) is 1. The second-order valence-electron chi connectivity index (χ2n) is 9.15. The van der Waals surface area contributed by atoms with Crippen molar-refractivity contribution in [2.75, 3.05) is 20.1 Å². The maximum Gasteiger partial charge on any atom is 0.274 e. The van der Waals surface area contributed by atoms with Crippen molar-refractivity contribution in [3.8, 4) is 0 Å². The zero-order valence-electron chi connectivity index (χ0n) is 21.2. The molecule has 0 aromatic carbocycles. The molecule has 3 aromatic heterocycles. The van der Waals surface area contributed by atoms with Crippen molar-refractivity contribution in [1.29, 1.82) is 5.41 Å². The highest BCUT2D eigenvalue weighted by Crippen LogP contribution is 2.35. The van der Waals surface area contributed by atoms with E-state index in [1.807, 2.05) is 0 Å². The van der Waals surface area contributed by atoms with Gasteiger partial charge in [-0.2, -0.15) is 0 Å². The summed E-state index contributed by atoms with van der Waals surface area (Å²) < 4.78 is 1.66. The van der Waals surface area contributed by atoms with Crippen LogP contribution in [0.2, 0.25) is 5.02 Å². The topological polar surface area (TPSA) is 191 Å². The molecule has 1 aliphatic heterocycles. The van der Waals surface area contributed by atoms with Gasteiger partial charge in [0.15, 0.2) is 5.96 Å². The van der Waals surface area contributed by atoms with Crippen molar-refractivity contribution >= 4 is 52.3 Å². The lowest BCUT2D eigenvalue weighted by Gasteiger charge is -2.21. The molecule has 3 atom stereocenters. The van der Waals surface area contributed by atoms with Gasteiger partial charge in [0.05, 0.1) is 17.2 Å². The summed E-state index contributed by atoms with van der Waals surface area (Å²) in [5, 5.41) is 28.1. The number of nitrogens with two attached hydrogens (primary N) is 1. The van der Waals surface area contributed by atoms with E-state index < -0.39 is 24.1 Å². The normalized spacial score (nSPS) is 17.7. The molecule has 4 rings (SSSR count). The fraction of sp³-hybridized carbons (Fsp3) is 0.417. The highest BCUT2D eigenvalue weighted by atomic mass is 35.5. The van der Waals surface area contributed by atoms with Crippen molar-refractivity contribution in [3.05, 3.63) is 51.3 Å². The molecule has 0 bridgehead atoms. The maximum atomic E-state index is 13.3. The molecule has 7 N–H and O–H groups in total. The Kier molecular flexibility index (Phi) is 8.99. The molecule has 39 heavy (non-hydrogen) atoms. The Balaban J connectivity index is 1.43. The average Bonchev–Trinajstić information content (AvgIpc) is 3.64. The molecule has 15 heteroatoms. The average molecular weight is 576 g/mol. The molecule has 3 amide bonds. The van der Waals surface area contributed by atoms with E-state index in [0.717, 1.165) is 0 Å². The van der Waals surface area contributed by atoms with E-state index in [-0.39, 0.29) is 42.1 Å². The Morgan fingerprint density at radius 3 is 2.79 bits per heavy atom. The number of aromatic nitrogens is 3. The van der Waals surface area contributed by atoms with E-state index in [9.17, 15) is 19.5 Å². The number of halogens is 1. The molecular weight excluding hydrogens is 546 g/mol. The van der Waals surface area contributed by atoms with E-state index >= 15 is 0 Å². The summed E-state index contributed by atoms with van der Waals surface area (Å²) in [6.45, 7) is 0.598. The van der Waals surface area contributed by atoms with Crippen LogP contribution in [0.5, 0.6) is 0 Å². The molecule has 0 aliphatic carbocycles. The number of imidazole rings is 1. The highest BCUT2D eigenvalue weighted by Gasteiger charge is 2.38. The maximum absolute atomic E-state index is 13.3. The van der Waals surface area contributed by atoms with Gasteiger partial charge < -0.3 is 36.1 Å². The van der Waals surface area contributed by atoms with Crippen LogP contribution in [0.3, 0.4) is 0 Å². The standard InChI is InChI=1S/C24H30ClN9O4S/c1-28-20(36)15(4-2-3-7-29-24(26)27)31-21(37)17-12-39-22(32-17)18-8-14(35)10-34(18)23(38)16-11-33-9-13(25)5-6-19(33)30-16/h5-6,9,11-12,14-15,18,35H,2-4,7-8,10H2,1H3,(H,28,36)(H,31,37)(H4,26,27,29)/t14-,15?,18-/m0/s1. The summed E-state index contributed by atoms with van der Waals surface area (Å²) >= 11 is 7.25. The van der Waals surface area contributed by atoms with Gasteiger partial charge >= 0.3 is 0 Å². The Morgan fingerprint density at radius 2 is 2.05 bits per heavy atom. The van der Waals surface area contributed by atoms with Gasteiger partial charge in [0, 0.05) is 44.3 Å². The Labute approximate surface area is 233 Å². The minimum atomic E-state index is -0.764. The summed E-state index contributed by atoms with van der Waals surface area (Å²) in [4.78, 5) is 49.0. The summed E-state index contributed by atoms with van der Waals surface area (Å²) in [5.74, 6) is -1.33. The Bertz CT molecular complexity index is 1380. The molecule has 208 valence electrons. The van der Waals surface area contributed by atoms with Crippen LogP contribution in [0.4, 0.5) is 0 Å². The monoisotopic (exact) mass is 575 g/mol. The van der Waals surface area contributed by atoms with Crippen molar-refractivity contribution in [1.82, 2.24) is 35.2 Å². The minimum Gasteiger partial charge on any atom is -0.391 e. The van der Waals surface area contributed by atoms with Gasteiger partial charge in [-0.05, 0) is 31.4 Å². The predicted molar refractivity (Wildman–Crippen MR) is 146 cm³/mol. The largest absolute Gasteiger partial charge is 0.391 e. The molecule has 1 saturated heterocycles. The number of hydrogen-bond donors (Lipinski definition) is 6. The summed E-state index contributed by atoms with van der Waals surface area (Å²) in [6, 6.07) is 2.09. The van der Waals surface area contributed by atoms with Crippen LogP contribution in [0.25, 0.3) is 5.65 Å². The highest BCUT2D eigenvalue weighted by molar-refractivity contribution is 7.09. The second-order valence-corrected chi connectivity index (χ2v) is 10.5. The second kappa shape index (κ2) is 12.4. The van der Waals surface area contributed by atoms with Crippen LogP contribution in [-0.4, -0.2) is 80.3 Å². The fourth-order valence-electron chi connectivity index (χ4n) is 4.40. The van der Waals surface area contributed by atoms with Crippen molar-refractivity contribution in [2.24, 2.45) is 5.73 Å². The van der Waals surface area contributed by atoms with Crippen LogP contribution >= 0.6 is 22.9 Å². The van der Waals surface area contributed by atoms with Crippen molar-refractivity contribution in [3.63, 3.8) is 0 Å². The van der Waals surface area contributed by atoms with Gasteiger partial charge in [0.1, 0.15) is 28.1 Å². The van der Waals surface area contributed by atoms with Crippen LogP contribution in [0.1, 0.15) is 57.7 Å². The lowest BCUT2D eigenvalue weighted by molar-refractivity contribution is -0.122. The number of amides is 3. The van der Waals surface area contributed by atoms with Gasteiger partial charge in [0.25, 0.3) is 11.8 Å². The van der Waals surface area contributed by atoms with Crippen LogP contribution in [0, 0.1) is 5.41 Å². The third-order valence-corrected chi connectivity index (χ3v) is 7.49. The summed E-state index contributed by atoms with van der Waals surface area (Å²) in [7, 11) is 1.49. The Hall–Kier alpha value is -3.75. The van der Waals surface area contributed by atoms with Gasteiger partial charge in [-0.25, -0.2) is 9.97 Å². The molecule has 3 aromatic rings. The number of pyridine rings is 1. The number of guanidine groups is 1. The van der Waals surface area contributed by atoms with E-state index in [4.69, 9.17) is 22.7 Å². The number of nitrogens with one attached hydrogen (secondary N) is 4. The molecule has 0 saturated carbocycles. The number of aliphatic hydroxyl groups excluding tert-OH is 1. The lowest BCUT2D eigenvalue weighted by Crippen LogP contribution is -2.45. The van der Waals surface area contributed by atoms with Gasteiger partial charge in [0.2, 0.25) is 5.91 Å². The lowest BCUT2D eigenvalue weighted by atomic mass is 10.1. The number of carbonyl (C=O) groups excluding carboxylic acids is 3. The van der Waals surface area contributed by atoms with Crippen LogP contribution < -0.4 is 21.7 Å². The van der Waals surface area contributed by atoms with Crippen LogP contribution in [-0.2, 0) is 4.79 Å². The first-order valence-electron chi connectivity index (χ1n) is 12.3. The van der Waals surface area contributed by atoms with Crippen molar-refractivity contribution in [2.45, 2.75) is 43.9 Å². The third-order valence-electron chi connectivity index (χ3n) is 6.32. The first-order chi connectivity index (χ1) is 18.7. The fourth-order valence-corrected chi connectivity index (χ4v) is 5.50. The number of thiazole rings is 1. The molecule has 4 heterocycles. The smallest absolute Gasteiger partial charge is 0.274 e. The number of likely N-dealkylation sites (N-methyl/N-ethyl adjacent to an activating group) is 1. The van der Waals surface area contributed by atoms with E-state index in [1.54, 1.807) is 34.3 Å². The number of carbonyl (C=O) groups is 3. The van der Waals surface area contributed by atoms with Crippen molar-refractivity contribution < 1.29 is 19.5 Å². The van der Waals surface area contributed by atoms with E-state index in [2.05, 4.69) is 25.9 Å².